The molecule has 0 N–H and O–H groups in total. The summed E-state index contributed by atoms with van der Waals surface area (Å²) in [5.74, 6) is 0. The quantitative estimate of drug-likeness (QED) is 0.0600. The van der Waals surface area contributed by atoms with E-state index in [9.17, 15) is 0 Å². The summed E-state index contributed by atoms with van der Waals surface area (Å²) in [6, 6.07) is 0. The molecule has 0 amide bonds. The van der Waals surface area contributed by atoms with Crippen LogP contribution in [0.3, 0.4) is 0 Å². The van der Waals surface area contributed by atoms with Crippen molar-refractivity contribution in [3.05, 3.63) is 0 Å². The molecule has 0 bridgehead atoms. The molecule has 10 nitrogen and oxygen atoms in total. The van der Waals surface area contributed by atoms with Gasteiger partial charge < -0.3 is 47.4 Å². The molecular weight excluding hydrogens is 616 g/mol. The molecule has 0 aromatic carbocycles. The van der Waals surface area contributed by atoms with Crippen LogP contribution in [-0.4, -0.2) is 132 Å². The van der Waals surface area contributed by atoms with Crippen LogP contribution in [0.15, 0.2) is 0 Å². The molecule has 0 rings (SSSR count). The SMILES string of the molecule is CCCCCCCCCCCCCCCCCCOCCOCCOCCOCCOCCOCCOCCOCCOCCOCC. The van der Waals surface area contributed by atoms with Crippen LogP contribution >= 0.6 is 0 Å². The first-order chi connectivity index (χ1) is 23.9. The lowest BCUT2D eigenvalue weighted by atomic mass is 10.0. The highest BCUT2D eigenvalue weighted by Gasteiger charge is 1.97. The fourth-order valence-corrected chi connectivity index (χ4v) is 4.88. The van der Waals surface area contributed by atoms with Crippen LogP contribution in [0, 0.1) is 0 Å². The van der Waals surface area contributed by atoms with Crippen LogP contribution in [-0.2, 0) is 47.4 Å². The second kappa shape index (κ2) is 46.6. The molecule has 0 aliphatic carbocycles. The van der Waals surface area contributed by atoms with Crippen molar-refractivity contribution in [1.29, 1.82) is 0 Å². The highest BCUT2D eigenvalue weighted by molar-refractivity contribution is 4.50. The van der Waals surface area contributed by atoms with Crippen molar-refractivity contribution in [2.75, 3.05) is 132 Å². The van der Waals surface area contributed by atoms with Gasteiger partial charge in [-0.15, -0.1) is 0 Å². The fraction of sp³-hybridized carbons (Fsp3) is 1.00. The molecule has 48 heavy (non-hydrogen) atoms. The van der Waals surface area contributed by atoms with Gasteiger partial charge in [0.25, 0.3) is 0 Å². The molecule has 0 unspecified atom stereocenters. The standard InChI is InChI=1S/C38H78O10/c1-3-5-6-7-8-9-10-11-12-13-14-15-16-17-18-19-20-40-23-24-42-27-28-44-31-32-46-35-36-48-38-37-47-34-33-45-30-29-43-26-25-41-22-21-39-4-2/h3-38H2,1-2H3. The van der Waals surface area contributed by atoms with Gasteiger partial charge in [0, 0.05) is 13.2 Å². The second-order valence-electron chi connectivity index (χ2n) is 12.0. The zero-order valence-corrected chi connectivity index (χ0v) is 31.5. The number of rotatable bonds is 45. The fourth-order valence-electron chi connectivity index (χ4n) is 4.88. The largest absolute Gasteiger partial charge is 0.379 e. The maximum atomic E-state index is 5.69. The summed E-state index contributed by atoms with van der Waals surface area (Å²) in [7, 11) is 0. The summed E-state index contributed by atoms with van der Waals surface area (Å²) in [4.78, 5) is 0. The molecule has 290 valence electrons. The average molecular weight is 695 g/mol. The van der Waals surface area contributed by atoms with Crippen LogP contribution in [0.1, 0.15) is 117 Å². The van der Waals surface area contributed by atoms with E-state index in [-0.39, 0.29) is 0 Å². The first-order valence-electron chi connectivity index (χ1n) is 19.7. The Morgan fingerprint density at radius 1 is 0.188 bits per heavy atom. The first-order valence-corrected chi connectivity index (χ1v) is 19.7. The molecule has 0 saturated carbocycles. The predicted molar refractivity (Wildman–Crippen MR) is 193 cm³/mol. The third-order valence-electron chi connectivity index (χ3n) is 7.69. The summed E-state index contributed by atoms with van der Waals surface area (Å²) in [5, 5.41) is 0. The molecule has 0 aromatic rings. The smallest absolute Gasteiger partial charge is 0.0701 e. The Balaban J connectivity index is 3.04. The van der Waals surface area contributed by atoms with E-state index >= 15 is 0 Å². The molecule has 0 aromatic heterocycles. The van der Waals surface area contributed by atoms with Crippen molar-refractivity contribution >= 4 is 0 Å². The highest BCUT2D eigenvalue weighted by atomic mass is 16.6. The van der Waals surface area contributed by atoms with E-state index in [2.05, 4.69) is 6.92 Å². The second-order valence-corrected chi connectivity index (χ2v) is 12.0. The van der Waals surface area contributed by atoms with Crippen molar-refractivity contribution in [3.63, 3.8) is 0 Å². The van der Waals surface area contributed by atoms with E-state index in [1.807, 2.05) is 6.92 Å². The van der Waals surface area contributed by atoms with Crippen molar-refractivity contribution in [2.45, 2.75) is 117 Å². The van der Waals surface area contributed by atoms with Gasteiger partial charge in [0.15, 0.2) is 0 Å². The third-order valence-corrected chi connectivity index (χ3v) is 7.69. The third kappa shape index (κ3) is 45.6. The minimum absolute atomic E-state index is 0.534. The van der Waals surface area contributed by atoms with Gasteiger partial charge in [0.2, 0.25) is 0 Å². The Morgan fingerprint density at radius 3 is 0.604 bits per heavy atom. The molecule has 0 aliphatic rings. The van der Waals surface area contributed by atoms with E-state index in [0.717, 1.165) is 13.0 Å². The summed E-state index contributed by atoms with van der Waals surface area (Å²) >= 11 is 0. The Kier molecular flexibility index (Phi) is 46.2. The lowest BCUT2D eigenvalue weighted by Crippen LogP contribution is -2.15. The maximum Gasteiger partial charge on any atom is 0.0701 e. The molecule has 0 aliphatic heterocycles. The molecular formula is C38H78O10. The molecule has 10 heteroatoms. The molecule has 0 radical (unpaired) electrons. The van der Waals surface area contributed by atoms with E-state index in [0.29, 0.717) is 126 Å². The van der Waals surface area contributed by atoms with Crippen LogP contribution in [0.4, 0.5) is 0 Å². The van der Waals surface area contributed by atoms with Crippen molar-refractivity contribution in [2.24, 2.45) is 0 Å². The molecule has 0 saturated heterocycles. The van der Waals surface area contributed by atoms with E-state index in [4.69, 9.17) is 47.4 Å². The normalized spacial score (nSPS) is 11.6. The van der Waals surface area contributed by atoms with Gasteiger partial charge in [-0.2, -0.15) is 0 Å². The minimum atomic E-state index is 0.534. The van der Waals surface area contributed by atoms with Crippen LogP contribution in [0.5, 0.6) is 0 Å². The lowest BCUT2D eigenvalue weighted by Gasteiger charge is -2.09. The topological polar surface area (TPSA) is 92.3 Å². The van der Waals surface area contributed by atoms with Gasteiger partial charge in [-0.1, -0.05) is 103 Å². The molecule has 0 atom stereocenters. The average Bonchev–Trinajstić information content (AvgIpc) is 3.10. The first kappa shape index (κ1) is 47.6. The summed E-state index contributed by atoms with van der Waals surface area (Å²) in [5.41, 5.74) is 0. The Hall–Kier alpha value is -0.400. The molecule has 0 heterocycles. The van der Waals surface area contributed by atoms with Crippen molar-refractivity contribution in [1.82, 2.24) is 0 Å². The molecule has 0 fully saturated rings. The van der Waals surface area contributed by atoms with Crippen LogP contribution < -0.4 is 0 Å². The minimum Gasteiger partial charge on any atom is -0.379 e. The maximum absolute atomic E-state index is 5.69. The lowest BCUT2D eigenvalue weighted by molar-refractivity contribution is -0.0263. The van der Waals surface area contributed by atoms with Gasteiger partial charge >= 0.3 is 0 Å². The van der Waals surface area contributed by atoms with Crippen LogP contribution in [0.25, 0.3) is 0 Å². The zero-order chi connectivity index (χ0) is 34.5. The summed E-state index contributed by atoms with van der Waals surface area (Å²) in [6.07, 6.45) is 22.2. The monoisotopic (exact) mass is 695 g/mol. The van der Waals surface area contributed by atoms with Gasteiger partial charge in [-0.25, -0.2) is 0 Å². The number of hydrogen-bond donors (Lipinski definition) is 0. The number of unbranched alkanes of at least 4 members (excludes halogenated alkanes) is 15. The van der Waals surface area contributed by atoms with Gasteiger partial charge in [0.05, 0.1) is 119 Å². The Labute approximate surface area is 295 Å². The highest BCUT2D eigenvalue weighted by Crippen LogP contribution is 2.13. The number of ether oxygens (including phenoxy) is 10. The predicted octanol–water partition coefficient (Wildman–Crippen LogP) is 7.43. The molecule has 0 spiro atoms. The Morgan fingerprint density at radius 2 is 0.375 bits per heavy atom. The zero-order valence-electron chi connectivity index (χ0n) is 31.5. The van der Waals surface area contributed by atoms with Crippen molar-refractivity contribution < 1.29 is 47.4 Å². The van der Waals surface area contributed by atoms with E-state index in [1.54, 1.807) is 0 Å². The van der Waals surface area contributed by atoms with E-state index < -0.39 is 0 Å². The van der Waals surface area contributed by atoms with E-state index in [1.165, 1.54) is 96.3 Å². The van der Waals surface area contributed by atoms with Gasteiger partial charge in [0.1, 0.15) is 0 Å². The number of hydrogen-bond acceptors (Lipinski definition) is 10. The van der Waals surface area contributed by atoms with Gasteiger partial charge in [-0.3, -0.25) is 0 Å². The van der Waals surface area contributed by atoms with Crippen LogP contribution in [0.2, 0.25) is 0 Å². The van der Waals surface area contributed by atoms with Gasteiger partial charge in [-0.05, 0) is 13.3 Å². The van der Waals surface area contributed by atoms with Crippen molar-refractivity contribution in [3.8, 4) is 0 Å². The summed E-state index contributed by atoms with van der Waals surface area (Å²) < 4.78 is 54.8. The Bertz CT molecular complexity index is 498. The summed E-state index contributed by atoms with van der Waals surface area (Å²) in [6.45, 7) is 16.0.